The lowest BCUT2D eigenvalue weighted by Gasteiger charge is -2.51. The van der Waals surface area contributed by atoms with Crippen molar-refractivity contribution in [3.05, 3.63) is 12.2 Å². The van der Waals surface area contributed by atoms with Gasteiger partial charge in [-0.3, -0.25) is 0 Å². The van der Waals surface area contributed by atoms with E-state index in [-0.39, 0.29) is 30.0 Å². The van der Waals surface area contributed by atoms with Crippen LogP contribution >= 0.6 is 0 Å². The average molecular weight is 312 g/mol. The number of aliphatic hydroxyl groups is 1. The van der Waals surface area contributed by atoms with Gasteiger partial charge in [-0.05, 0) is 31.6 Å². The van der Waals surface area contributed by atoms with Crippen LogP contribution < -0.4 is 0 Å². The Kier molecular flexibility index (Phi) is 5.30. The van der Waals surface area contributed by atoms with Crippen molar-refractivity contribution < 1.29 is 24.1 Å². The van der Waals surface area contributed by atoms with Gasteiger partial charge >= 0.3 is 5.97 Å². The number of carbonyl (C=O) groups is 1. The molecule has 0 radical (unpaired) electrons. The Balaban J connectivity index is 2.13. The van der Waals surface area contributed by atoms with E-state index >= 15 is 0 Å². The first-order valence-corrected chi connectivity index (χ1v) is 8.03. The molecule has 0 amide bonds. The van der Waals surface area contributed by atoms with Gasteiger partial charge in [0.1, 0.15) is 0 Å². The van der Waals surface area contributed by atoms with Crippen LogP contribution in [-0.2, 0) is 19.0 Å². The fraction of sp³-hybridized carbons (Fsp3) is 0.824. The second kappa shape index (κ2) is 6.69. The molecule has 5 nitrogen and oxygen atoms in total. The Morgan fingerprint density at radius 3 is 2.55 bits per heavy atom. The van der Waals surface area contributed by atoms with Gasteiger partial charge in [-0.2, -0.15) is 0 Å². The molecule has 1 aliphatic heterocycles. The summed E-state index contributed by atoms with van der Waals surface area (Å²) in [5, 5.41) is 9.84. The van der Waals surface area contributed by atoms with Crippen LogP contribution in [0.15, 0.2) is 12.2 Å². The first kappa shape index (κ1) is 17.4. The highest BCUT2D eigenvalue weighted by atomic mass is 16.7. The van der Waals surface area contributed by atoms with Crippen LogP contribution in [0.5, 0.6) is 0 Å². The van der Waals surface area contributed by atoms with Gasteiger partial charge in [0.2, 0.25) is 0 Å². The smallest absolute Gasteiger partial charge is 0.330 e. The van der Waals surface area contributed by atoms with Crippen LogP contribution in [0, 0.1) is 17.3 Å². The summed E-state index contributed by atoms with van der Waals surface area (Å²) in [5.41, 5.74) is -0.278. The van der Waals surface area contributed by atoms with E-state index in [0.717, 1.165) is 19.3 Å². The molecular weight excluding hydrogens is 284 g/mol. The molecule has 1 saturated carbocycles. The van der Waals surface area contributed by atoms with Crippen LogP contribution in [0.1, 0.15) is 39.5 Å². The minimum Gasteiger partial charge on any atom is -0.466 e. The van der Waals surface area contributed by atoms with E-state index in [2.05, 4.69) is 18.6 Å². The first-order chi connectivity index (χ1) is 10.4. The maximum absolute atomic E-state index is 11.2. The zero-order valence-corrected chi connectivity index (χ0v) is 14.0. The van der Waals surface area contributed by atoms with Crippen molar-refractivity contribution in [3.8, 4) is 0 Å². The lowest BCUT2D eigenvalue weighted by Crippen LogP contribution is -2.58. The van der Waals surface area contributed by atoms with Gasteiger partial charge in [-0.1, -0.05) is 19.9 Å². The third-order valence-corrected chi connectivity index (χ3v) is 5.48. The monoisotopic (exact) mass is 312 g/mol. The van der Waals surface area contributed by atoms with Gasteiger partial charge in [0.05, 0.1) is 19.8 Å². The molecule has 0 unspecified atom stereocenters. The molecule has 4 atom stereocenters. The molecule has 126 valence electrons. The zero-order chi connectivity index (χ0) is 16.4. The van der Waals surface area contributed by atoms with Gasteiger partial charge in [0.25, 0.3) is 0 Å². The van der Waals surface area contributed by atoms with Crippen molar-refractivity contribution in [2.45, 2.75) is 51.4 Å². The minimum atomic E-state index is -0.733. The van der Waals surface area contributed by atoms with Gasteiger partial charge in [0, 0.05) is 24.5 Å². The molecular formula is C17H28O5. The van der Waals surface area contributed by atoms with Crippen LogP contribution in [0.3, 0.4) is 0 Å². The Labute approximate surface area is 132 Å². The number of hydrogen-bond donors (Lipinski definition) is 1. The van der Waals surface area contributed by atoms with Crippen molar-refractivity contribution in [1.29, 1.82) is 0 Å². The fourth-order valence-electron chi connectivity index (χ4n) is 3.75. The van der Waals surface area contributed by atoms with Crippen molar-refractivity contribution in [3.63, 3.8) is 0 Å². The standard InChI is InChI=1S/C17H28O5/c1-12-10-14(6-5-7-15(19)20-3)22-17(21-4,13(12)2)16(11-18)8-9-16/h5,7,12-14,18H,6,8-11H2,1-4H3/b7-5+/t12-,13-,14+,17+/m1/s1. The molecule has 0 spiro atoms. The first-order valence-electron chi connectivity index (χ1n) is 8.03. The summed E-state index contributed by atoms with van der Waals surface area (Å²) in [5.74, 6) is -0.449. The summed E-state index contributed by atoms with van der Waals surface area (Å²) in [6.45, 7) is 4.43. The lowest BCUT2D eigenvalue weighted by molar-refractivity contribution is -0.341. The molecule has 1 aliphatic carbocycles. The second-order valence-corrected chi connectivity index (χ2v) is 6.71. The Bertz CT molecular complexity index is 429. The van der Waals surface area contributed by atoms with E-state index in [9.17, 15) is 9.90 Å². The van der Waals surface area contributed by atoms with E-state index in [1.165, 1.54) is 13.2 Å². The largest absolute Gasteiger partial charge is 0.466 e. The lowest BCUT2D eigenvalue weighted by atomic mass is 9.74. The summed E-state index contributed by atoms with van der Waals surface area (Å²) < 4.78 is 16.8. The highest BCUT2D eigenvalue weighted by Crippen LogP contribution is 2.61. The van der Waals surface area contributed by atoms with Crippen LogP contribution in [0.2, 0.25) is 0 Å². The van der Waals surface area contributed by atoms with E-state index in [0.29, 0.717) is 12.3 Å². The fourth-order valence-corrected chi connectivity index (χ4v) is 3.75. The highest BCUT2D eigenvalue weighted by molar-refractivity contribution is 5.81. The molecule has 1 heterocycles. The van der Waals surface area contributed by atoms with E-state index in [1.807, 2.05) is 0 Å². The third-order valence-electron chi connectivity index (χ3n) is 5.48. The molecule has 0 aromatic carbocycles. The number of methoxy groups -OCH3 is 2. The summed E-state index contributed by atoms with van der Waals surface area (Å²) in [4.78, 5) is 11.2. The summed E-state index contributed by atoms with van der Waals surface area (Å²) >= 11 is 0. The SMILES string of the molecule is COC(=O)/C=C/C[C@H]1C[C@@H](C)[C@@H](C)[C@@](OC)(C2(CO)CC2)O1. The van der Waals surface area contributed by atoms with Crippen molar-refractivity contribution >= 4 is 5.97 Å². The topological polar surface area (TPSA) is 65.0 Å². The molecule has 2 aliphatic rings. The van der Waals surface area contributed by atoms with E-state index in [1.54, 1.807) is 13.2 Å². The number of esters is 1. The Morgan fingerprint density at radius 1 is 1.36 bits per heavy atom. The molecule has 1 saturated heterocycles. The number of aliphatic hydroxyl groups excluding tert-OH is 1. The molecule has 0 aromatic heterocycles. The molecule has 0 aromatic rings. The molecule has 2 fully saturated rings. The Morgan fingerprint density at radius 2 is 2.05 bits per heavy atom. The normalized spacial score (nSPS) is 37.2. The number of hydrogen-bond acceptors (Lipinski definition) is 5. The van der Waals surface area contributed by atoms with E-state index < -0.39 is 5.79 Å². The minimum absolute atomic E-state index is 0.0175. The molecule has 1 N–H and O–H groups in total. The summed E-state index contributed by atoms with van der Waals surface area (Å²) in [7, 11) is 3.03. The molecule has 5 heteroatoms. The maximum Gasteiger partial charge on any atom is 0.330 e. The van der Waals surface area contributed by atoms with Crippen LogP contribution in [-0.4, -0.2) is 43.8 Å². The predicted molar refractivity (Wildman–Crippen MR) is 82.1 cm³/mol. The molecule has 22 heavy (non-hydrogen) atoms. The van der Waals surface area contributed by atoms with Crippen LogP contribution in [0.4, 0.5) is 0 Å². The van der Waals surface area contributed by atoms with Gasteiger partial charge in [-0.15, -0.1) is 0 Å². The van der Waals surface area contributed by atoms with Crippen molar-refractivity contribution in [2.75, 3.05) is 20.8 Å². The van der Waals surface area contributed by atoms with Gasteiger partial charge in [-0.25, -0.2) is 4.79 Å². The van der Waals surface area contributed by atoms with E-state index in [4.69, 9.17) is 9.47 Å². The van der Waals surface area contributed by atoms with Gasteiger partial charge < -0.3 is 19.3 Å². The quantitative estimate of drug-likeness (QED) is 0.602. The maximum atomic E-state index is 11.2. The average Bonchev–Trinajstić information content (AvgIpc) is 3.32. The van der Waals surface area contributed by atoms with Crippen molar-refractivity contribution in [1.82, 2.24) is 0 Å². The highest BCUT2D eigenvalue weighted by Gasteiger charge is 2.65. The zero-order valence-electron chi connectivity index (χ0n) is 14.0. The van der Waals surface area contributed by atoms with Gasteiger partial charge in [0.15, 0.2) is 5.79 Å². The van der Waals surface area contributed by atoms with Crippen molar-refractivity contribution in [2.24, 2.45) is 17.3 Å². The predicted octanol–water partition coefficient (Wildman–Crippen LogP) is 2.28. The van der Waals surface area contributed by atoms with Crippen LogP contribution in [0.25, 0.3) is 0 Å². The number of rotatable bonds is 6. The summed E-state index contributed by atoms with van der Waals surface area (Å²) in [6.07, 6.45) is 6.62. The third kappa shape index (κ3) is 2.94. The number of ether oxygens (including phenoxy) is 3. The summed E-state index contributed by atoms with van der Waals surface area (Å²) in [6, 6.07) is 0. The Hall–Kier alpha value is -0.910. The molecule has 2 rings (SSSR count). The molecule has 0 bridgehead atoms. The second-order valence-electron chi connectivity index (χ2n) is 6.71. The number of carbonyl (C=O) groups excluding carboxylic acids is 1.